The van der Waals surface area contributed by atoms with Crippen LogP contribution < -0.4 is 0 Å². The van der Waals surface area contributed by atoms with Gasteiger partial charge in [0.1, 0.15) is 24.9 Å². The standard InChI is InChI=1S/C21H27NO8/c1-4-20(2,11-22)19(26)28-8-7-27-15(23)5-6-16(24)30-21(3)12-9-13-14(10-12)18(25)29-17(13)21/h12-14,17H,4-10H2,1-3H3. The minimum atomic E-state index is -1.22. The molecule has 6 unspecified atom stereocenters. The third-order valence-corrected chi connectivity index (χ3v) is 6.77. The van der Waals surface area contributed by atoms with Crippen molar-refractivity contribution in [2.24, 2.45) is 23.2 Å². The van der Waals surface area contributed by atoms with E-state index in [2.05, 4.69) is 0 Å². The Morgan fingerprint density at radius 3 is 2.53 bits per heavy atom. The molecule has 3 fully saturated rings. The summed E-state index contributed by atoms with van der Waals surface area (Å²) >= 11 is 0. The number of carbonyl (C=O) groups excluding carboxylic acids is 4. The van der Waals surface area contributed by atoms with Crippen LogP contribution in [0.5, 0.6) is 0 Å². The molecule has 0 amide bonds. The van der Waals surface area contributed by atoms with E-state index >= 15 is 0 Å². The van der Waals surface area contributed by atoms with Gasteiger partial charge in [0.05, 0.1) is 24.8 Å². The van der Waals surface area contributed by atoms with E-state index in [1.807, 2.05) is 6.07 Å². The van der Waals surface area contributed by atoms with Crippen LogP contribution in [0.25, 0.3) is 0 Å². The molecule has 9 heteroatoms. The Balaban J connectivity index is 1.36. The fourth-order valence-electron chi connectivity index (χ4n) is 4.65. The SMILES string of the molecule is CCC(C)(C#N)C(=O)OCCOC(=O)CCC(=O)OC1(C)C2CC3C(=O)OC1C3C2. The minimum absolute atomic E-state index is 0.0702. The van der Waals surface area contributed by atoms with Gasteiger partial charge in [-0.1, -0.05) is 6.92 Å². The highest BCUT2D eigenvalue weighted by Crippen LogP contribution is 2.60. The summed E-state index contributed by atoms with van der Waals surface area (Å²) in [5, 5.41) is 9.02. The second kappa shape index (κ2) is 8.25. The summed E-state index contributed by atoms with van der Waals surface area (Å²) in [7, 11) is 0. The van der Waals surface area contributed by atoms with E-state index in [4.69, 9.17) is 24.2 Å². The summed E-state index contributed by atoms with van der Waals surface area (Å²) in [6.45, 7) is 4.66. The van der Waals surface area contributed by atoms with Crippen LogP contribution in [-0.4, -0.2) is 48.8 Å². The van der Waals surface area contributed by atoms with Gasteiger partial charge in [-0.25, -0.2) is 0 Å². The van der Waals surface area contributed by atoms with Gasteiger partial charge in [-0.3, -0.25) is 19.2 Å². The number of fused-ring (bicyclic) bond motifs is 1. The van der Waals surface area contributed by atoms with Gasteiger partial charge in [0.2, 0.25) is 0 Å². The zero-order chi connectivity index (χ0) is 22.1. The van der Waals surface area contributed by atoms with Crippen molar-refractivity contribution in [2.45, 2.75) is 64.6 Å². The Bertz CT molecular complexity index is 788. The third kappa shape index (κ3) is 3.87. The van der Waals surface area contributed by atoms with Crippen molar-refractivity contribution in [3.63, 3.8) is 0 Å². The first-order valence-electron chi connectivity index (χ1n) is 10.3. The van der Waals surface area contributed by atoms with Crippen LogP contribution in [0.15, 0.2) is 0 Å². The Morgan fingerprint density at radius 1 is 1.20 bits per heavy atom. The Kier molecular flexibility index (Phi) is 6.06. The summed E-state index contributed by atoms with van der Waals surface area (Å²) in [5.41, 5.74) is -2.06. The smallest absolute Gasteiger partial charge is 0.326 e. The lowest BCUT2D eigenvalue weighted by atomic mass is 9.79. The summed E-state index contributed by atoms with van der Waals surface area (Å²) in [6, 6.07) is 1.90. The van der Waals surface area contributed by atoms with E-state index in [0.717, 1.165) is 6.42 Å². The summed E-state index contributed by atoms with van der Waals surface area (Å²) < 4.78 is 21.0. The maximum absolute atomic E-state index is 12.3. The van der Waals surface area contributed by atoms with E-state index in [9.17, 15) is 19.2 Å². The fraction of sp³-hybridized carbons (Fsp3) is 0.762. The van der Waals surface area contributed by atoms with Crippen molar-refractivity contribution < 1.29 is 38.1 Å². The van der Waals surface area contributed by atoms with Crippen molar-refractivity contribution in [1.82, 2.24) is 0 Å². The van der Waals surface area contributed by atoms with Crippen LogP contribution in [0.2, 0.25) is 0 Å². The number of nitriles is 1. The summed E-state index contributed by atoms with van der Waals surface area (Å²) in [6.07, 6.45) is 1.07. The van der Waals surface area contributed by atoms with Gasteiger partial charge in [0.25, 0.3) is 0 Å². The zero-order valence-electron chi connectivity index (χ0n) is 17.5. The second-order valence-electron chi connectivity index (χ2n) is 8.61. The summed E-state index contributed by atoms with van der Waals surface area (Å²) in [4.78, 5) is 47.8. The van der Waals surface area contributed by atoms with E-state index in [-0.39, 0.29) is 49.8 Å². The molecule has 3 aliphatic rings. The van der Waals surface area contributed by atoms with Crippen LogP contribution in [0.3, 0.4) is 0 Å². The maximum atomic E-state index is 12.3. The van der Waals surface area contributed by atoms with Gasteiger partial charge in [0, 0.05) is 11.8 Å². The van der Waals surface area contributed by atoms with Gasteiger partial charge in [0.15, 0.2) is 5.41 Å². The van der Waals surface area contributed by atoms with Gasteiger partial charge in [-0.05, 0) is 33.1 Å². The molecular weight excluding hydrogens is 394 g/mol. The molecule has 164 valence electrons. The first-order chi connectivity index (χ1) is 14.1. The van der Waals surface area contributed by atoms with Crippen molar-refractivity contribution >= 4 is 23.9 Å². The molecule has 6 atom stereocenters. The number of rotatable bonds is 9. The summed E-state index contributed by atoms with van der Waals surface area (Å²) in [5.74, 6) is -1.89. The predicted molar refractivity (Wildman–Crippen MR) is 99.2 cm³/mol. The lowest BCUT2D eigenvalue weighted by Gasteiger charge is -2.36. The highest BCUT2D eigenvalue weighted by molar-refractivity contribution is 5.80. The predicted octanol–water partition coefficient (Wildman–Crippen LogP) is 1.68. The van der Waals surface area contributed by atoms with Gasteiger partial charge in [-0.15, -0.1) is 0 Å². The van der Waals surface area contributed by atoms with Crippen LogP contribution in [0, 0.1) is 34.5 Å². The van der Waals surface area contributed by atoms with Crippen LogP contribution in [-0.2, 0) is 38.1 Å². The first-order valence-corrected chi connectivity index (χ1v) is 10.3. The van der Waals surface area contributed by atoms with Gasteiger partial charge < -0.3 is 18.9 Å². The van der Waals surface area contributed by atoms with Crippen molar-refractivity contribution in [3.8, 4) is 6.07 Å². The number of nitrogens with zero attached hydrogens (tertiary/aromatic N) is 1. The number of carbonyl (C=O) groups is 4. The minimum Gasteiger partial charge on any atom is -0.462 e. The highest BCUT2D eigenvalue weighted by Gasteiger charge is 2.69. The van der Waals surface area contributed by atoms with E-state index in [1.165, 1.54) is 6.92 Å². The molecule has 0 N–H and O–H groups in total. The normalized spacial score (nSPS) is 32.7. The number of esters is 4. The van der Waals surface area contributed by atoms with Crippen molar-refractivity contribution in [1.29, 1.82) is 5.26 Å². The molecule has 1 aliphatic heterocycles. The molecule has 3 rings (SSSR count). The molecule has 0 aromatic carbocycles. The quantitative estimate of drug-likeness (QED) is 0.310. The topological polar surface area (TPSA) is 129 Å². The molecule has 0 spiro atoms. The monoisotopic (exact) mass is 421 g/mol. The van der Waals surface area contributed by atoms with Crippen LogP contribution in [0.4, 0.5) is 0 Å². The second-order valence-corrected chi connectivity index (χ2v) is 8.61. The van der Waals surface area contributed by atoms with Crippen molar-refractivity contribution in [3.05, 3.63) is 0 Å². The fourth-order valence-corrected chi connectivity index (χ4v) is 4.65. The molecule has 2 aliphatic carbocycles. The molecule has 0 aromatic rings. The lowest BCUT2D eigenvalue weighted by Crippen LogP contribution is -2.47. The molecule has 0 aromatic heterocycles. The number of hydrogen-bond acceptors (Lipinski definition) is 9. The van der Waals surface area contributed by atoms with Gasteiger partial charge >= 0.3 is 23.9 Å². The molecule has 1 heterocycles. The Hall–Kier alpha value is -2.63. The molecule has 1 saturated heterocycles. The zero-order valence-corrected chi connectivity index (χ0v) is 17.5. The number of ether oxygens (including phenoxy) is 4. The Labute approximate surface area is 175 Å². The van der Waals surface area contributed by atoms with Crippen LogP contribution in [0.1, 0.15) is 52.9 Å². The Morgan fingerprint density at radius 2 is 1.87 bits per heavy atom. The molecule has 9 nitrogen and oxygen atoms in total. The maximum Gasteiger partial charge on any atom is 0.326 e. The third-order valence-electron chi connectivity index (χ3n) is 6.77. The van der Waals surface area contributed by atoms with Crippen LogP contribution >= 0.6 is 0 Å². The molecular formula is C21H27NO8. The highest BCUT2D eigenvalue weighted by atomic mass is 16.6. The average molecular weight is 421 g/mol. The van der Waals surface area contributed by atoms with Gasteiger partial charge in [-0.2, -0.15) is 5.26 Å². The molecule has 30 heavy (non-hydrogen) atoms. The molecule has 2 saturated carbocycles. The largest absolute Gasteiger partial charge is 0.462 e. The first kappa shape index (κ1) is 22.1. The lowest BCUT2D eigenvalue weighted by molar-refractivity contribution is -0.180. The van der Waals surface area contributed by atoms with Crippen molar-refractivity contribution in [2.75, 3.05) is 13.2 Å². The number of hydrogen-bond donors (Lipinski definition) is 0. The van der Waals surface area contributed by atoms with E-state index in [0.29, 0.717) is 12.8 Å². The van der Waals surface area contributed by atoms with E-state index < -0.39 is 35.0 Å². The average Bonchev–Trinajstić information content (AvgIpc) is 3.34. The van der Waals surface area contributed by atoms with E-state index in [1.54, 1.807) is 13.8 Å². The molecule has 2 bridgehead atoms. The molecule has 0 radical (unpaired) electrons.